The molecule has 8 heteroatoms. The second kappa shape index (κ2) is 5.94. The van der Waals surface area contributed by atoms with Crippen LogP contribution in [0.5, 0.6) is 0 Å². The summed E-state index contributed by atoms with van der Waals surface area (Å²) in [6.07, 6.45) is 1.38. The van der Waals surface area contributed by atoms with Crippen molar-refractivity contribution in [1.82, 2.24) is 14.9 Å². The fourth-order valence-corrected chi connectivity index (χ4v) is 2.25. The minimum Gasteiger partial charge on any atom is -0.336 e. The fraction of sp³-hybridized carbons (Fsp3) is 0.182. The molecule has 19 heavy (non-hydrogen) atoms. The highest BCUT2D eigenvalue weighted by Gasteiger charge is 2.18. The van der Waals surface area contributed by atoms with Gasteiger partial charge in [0.25, 0.3) is 0 Å². The van der Waals surface area contributed by atoms with Gasteiger partial charge in [-0.15, -0.1) is 10.2 Å². The van der Waals surface area contributed by atoms with Crippen LogP contribution in [0.15, 0.2) is 35.7 Å². The molecule has 1 aromatic heterocycles. The average molecular weight is 298 g/mol. The van der Waals surface area contributed by atoms with Crippen molar-refractivity contribution < 1.29 is 4.79 Å². The molecular weight excluding hydrogens is 286 g/mol. The van der Waals surface area contributed by atoms with Crippen molar-refractivity contribution in [3.63, 3.8) is 0 Å². The zero-order chi connectivity index (χ0) is 13.8. The van der Waals surface area contributed by atoms with Gasteiger partial charge in [-0.25, -0.2) is 4.68 Å². The van der Waals surface area contributed by atoms with Crippen molar-refractivity contribution in [1.29, 1.82) is 0 Å². The SMILES string of the molecule is CC(Sc1nncn1N)C(=O)Nc1ccccc1Cl. The Balaban J connectivity index is 2.00. The highest BCUT2D eigenvalue weighted by molar-refractivity contribution is 8.00. The number of hydrogen-bond acceptors (Lipinski definition) is 5. The van der Waals surface area contributed by atoms with Gasteiger partial charge < -0.3 is 11.2 Å². The third-order valence-electron chi connectivity index (χ3n) is 2.32. The Hall–Kier alpha value is -1.73. The number of carbonyl (C=O) groups excluding carboxylic acids is 1. The van der Waals surface area contributed by atoms with E-state index >= 15 is 0 Å². The van der Waals surface area contributed by atoms with Gasteiger partial charge in [-0.3, -0.25) is 4.79 Å². The van der Waals surface area contributed by atoms with Crippen LogP contribution in [0.1, 0.15) is 6.92 Å². The van der Waals surface area contributed by atoms with Crippen LogP contribution in [0.4, 0.5) is 5.69 Å². The largest absolute Gasteiger partial charge is 0.336 e. The molecule has 2 aromatic rings. The zero-order valence-electron chi connectivity index (χ0n) is 10.1. The maximum atomic E-state index is 12.0. The molecule has 3 N–H and O–H groups in total. The maximum Gasteiger partial charge on any atom is 0.237 e. The lowest BCUT2D eigenvalue weighted by Crippen LogP contribution is -2.23. The molecule has 0 aliphatic heterocycles. The topological polar surface area (TPSA) is 85.8 Å². The summed E-state index contributed by atoms with van der Waals surface area (Å²) >= 11 is 7.19. The number of nitrogen functional groups attached to an aromatic ring is 1. The van der Waals surface area contributed by atoms with Gasteiger partial charge in [0.1, 0.15) is 6.33 Å². The van der Waals surface area contributed by atoms with Gasteiger partial charge in [0, 0.05) is 0 Å². The second-order valence-electron chi connectivity index (χ2n) is 3.75. The van der Waals surface area contributed by atoms with Gasteiger partial charge in [-0.1, -0.05) is 35.5 Å². The molecule has 1 unspecified atom stereocenters. The Morgan fingerprint density at radius 3 is 2.89 bits per heavy atom. The first-order valence-corrected chi connectivity index (χ1v) is 6.71. The normalized spacial score (nSPS) is 12.1. The van der Waals surface area contributed by atoms with Crippen molar-refractivity contribution in [3.05, 3.63) is 35.6 Å². The van der Waals surface area contributed by atoms with Gasteiger partial charge in [0.2, 0.25) is 11.1 Å². The Labute approximate surface area is 119 Å². The van der Waals surface area contributed by atoms with E-state index in [1.54, 1.807) is 31.2 Å². The molecule has 100 valence electrons. The van der Waals surface area contributed by atoms with E-state index in [2.05, 4.69) is 15.5 Å². The molecule has 1 heterocycles. The third kappa shape index (κ3) is 3.39. The second-order valence-corrected chi connectivity index (χ2v) is 5.47. The van der Waals surface area contributed by atoms with E-state index in [1.807, 2.05) is 0 Å². The van der Waals surface area contributed by atoms with Crippen LogP contribution in [0, 0.1) is 0 Å². The molecule has 0 saturated heterocycles. The number of rotatable bonds is 4. The summed E-state index contributed by atoms with van der Waals surface area (Å²) in [6, 6.07) is 7.05. The van der Waals surface area contributed by atoms with E-state index in [4.69, 9.17) is 17.4 Å². The Morgan fingerprint density at radius 2 is 2.26 bits per heavy atom. The number of para-hydroxylation sites is 1. The van der Waals surface area contributed by atoms with Crippen LogP contribution in [-0.4, -0.2) is 26.0 Å². The Bertz CT molecular complexity index is 588. The van der Waals surface area contributed by atoms with Gasteiger partial charge in [-0.2, -0.15) is 0 Å². The van der Waals surface area contributed by atoms with Crippen LogP contribution < -0.4 is 11.2 Å². The minimum atomic E-state index is -0.372. The lowest BCUT2D eigenvalue weighted by Gasteiger charge is -2.11. The number of benzene rings is 1. The molecule has 0 fully saturated rings. The summed E-state index contributed by atoms with van der Waals surface area (Å²) in [5.74, 6) is 5.40. The van der Waals surface area contributed by atoms with Crippen LogP contribution in [0.2, 0.25) is 5.02 Å². The van der Waals surface area contributed by atoms with Crippen molar-refractivity contribution in [3.8, 4) is 0 Å². The summed E-state index contributed by atoms with van der Waals surface area (Å²) in [7, 11) is 0. The number of thioether (sulfide) groups is 1. The van der Waals surface area contributed by atoms with Crippen LogP contribution in [0.3, 0.4) is 0 Å². The first-order valence-electron chi connectivity index (χ1n) is 5.45. The molecule has 2 rings (SSSR count). The molecular formula is C11H12ClN5OS. The lowest BCUT2D eigenvalue weighted by molar-refractivity contribution is -0.115. The average Bonchev–Trinajstić information content (AvgIpc) is 2.78. The van der Waals surface area contributed by atoms with E-state index in [1.165, 1.54) is 22.8 Å². The predicted molar refractivity (Wildman–Crippen MR) is 75.6 cm³/mol. The first kappa shape index (κ1) is 13.7. The molecule has 0 spiro atoms. The van der Waals surface area contributed by atoms with Crippen LogP contribution in [-0.2, 0) is 4.79 Å². The Kier molecular flexibility index (Phi) is 4.28. The zero-order valence-corrected chi connectivity index (χ0v) is 11.6. The van der Waals surface area contributed by atoms with Crippen LogP contribution in [0.25, 0.3) is 0 Å². The number of nitrogens with one attached hydrogen (secondary N) is 1. The van der Waals surface area contributed by atoms with Crippen LogP contribution >= 0.6 is 23.4 Å². The smallest absolute Gasteiger partial charge is 0.237 e. The highest BCUT2D eigenvalue weighted by Crippen LogP contribution is 2.24. The molecule has 0 bridgehead atoms. The van der Waals surface area contributed by atoms with Crippen molar-refractivity contribution in [2.45, 2.75) is 17.3 Å². The minimum absolute atomic E-state index is 0.180. The molecule has 6 nitrogen and oxygen atoms in total. The quantitative estimate of drug-likeness (QED) is 0.663. The van der Waals surface area contributed by atoms with Crippen molar-refractivity contribution in [2.24, 2.45) is 0 Å². The summed E-state index contributed by atoms with van der Waals surface area (Å²) in [6.45, 7) is 1.76. The van der Waals surface area contributed by atoms with Gasteiger partial charge in [0.05, 0.1) is 16.0 Å². The maximum absolute atomic E-state index is 12.0. The molecule has 0 saturated carbocycles. The van der Waals surface area contributed by atoms with E-state index in [0.717, 1.165) is 0 Å². The van der Waals surface area contributed by atoms with Gasteiger partial charge in [0.15, 0.2) is 0 Å². The first-order chi connectivity index (χ1) is 9.08. The number of nitrogens with zero attached hydrogens (tertiary/aromatic N) is 3. The molecule has 1 aromatic carbocycles. The van der Waals surface area contributed by atoms with Crippen molar-refractivity contribution in [2.75, 3.05) is 11.2 Å². The number of halogens is 1. The van der Waals surface area contributed by atoms with E-state index < -0.39 is 0 Å². The molecule has 0 radical (unpaired) electrons. The lowest BCUT2D eigenvalue weighted by atomic mass is 10.3. The summed E-state index contributed by atoms with van der Waals surface area (Å²) < 4.78 is 1.27. The summed E-state index contributed by atoms with van der Waals surface area (Å²) in [4.78, 5) is 12.0. The number of nitrogens with two attached hydrogens (primary N) is 1. The van der Waals surface area contributed by atoms with Crippen molar-refractivity contribution >= 4 is 35.0 Å². The van der Waals surface area contributed by atoms with E-state index in [0.29, 0.717) is 15.9 Å². The van der Waals surface area contributed by atoms with Gasteiger partial charge >= 0.3 is 0 Å². The summed E-state index contributed by atoms with van der Waals surface area (Å²) in [5, 5.41) is 10.8. The standard InChI is InChI=1S/C11H12ClN5OS/c1-7(19-11-16-14-6-17(11)13)10(18)15-9-5-3-2-4-8(9)12/h2-7H,13H2,1H3,(H,15,18). The number of hydrogen-bond donors (Lipinski definition) is 2. The number of amides is 1. The number of anilines is 1. The molecule has 0 aliphatic carbocycles. The number of aromatic nitrogens is 3. The monoisotopic (exact) mass is 297 g/mol. The molecule has 0 aliphatic rings. The molecule has 1 atom stereocenters. The fourth-order valence-electron chi connectivity index (χ4n) is 1.32. The third-order valence-corrected chi connectivity index (χ3v) is 3.72. The Morgan fingerprint density at radius 1 is 1.53 bits per heavy atom. The number of carbonyl (C=O) groups is 1. The van der Waals surface area contributed by atoms with Gasteiger partial charge in [-0.05, 0) is 19.1 Å². The summed E-state index contributed by atoms with van der Waals surface area (Å²) in [5.41, 5.74) is 0.579. The predicted octanol–water partition coefficient (Wildman–Crippen LogP) is 1.76. The van der Waals surface area contributed by atoms with E-state index in [-0.39, 0.29) is 11.2 Å². The highest BCUT2D eigenvalue weighted by atomic mass is 35.5. The van der Waals surface area contributed by atoms with E-state index in [9.17, 15) is 4.79 Å². The molecule has 1 amide bonds.